The molecule has 22 heavy (non-hydrogen) atoms. The van der Waals surface area contributed by atoms with Crippen molar-refractivity contribution >= 4 is 23.0 Å². The third-order valence-corrected chi connectivity index (χ3v) is 4.51. The number of fused-ring (bicyclic) bond motifs is 1. The molecular weight excluding hydrogens is 313 g/mol. The van der Waals surface area contributed by atoms with Gasteiger partial charge in [-0.05, 0) is 23.1 Å². The van der Waals surface area contributed by atoms with E-state index in [1.54, 1.807) is 17.5 Å². The SMILES string of the molecule is NC1=NC(N)(Cc2ccccc2C(F)(F)F)c2sccc2N1. The first-order valence-corrected chi connectivity index (χ1v) is 7.32. The van der Waals surface area contributed by atoms with Gasteiger partial charge in [0.1, 0.15) is 0 Å². The lowest BCUT2D eigenvalue weighted by atomic mass is 9.94. The van der Waals surface area contributed by atoms with Crippen LogP contribution in [0.3, 0.4) is 0 Å². The molecule has 1 atom stereocenters. The first kappa shape index (κ1) is 14.9. The molecule has 0 saturated heterocycles. The van der Waals surface area contributed by atoms with Gasteiger partial charge in [-0.1, -0.05) is 18.2 Å². The molecule has 116 valence electrons. The van der Waals surface area contributed by atoms with E-state index in [0.29, 0.717) is 10.6 Å². The smallest absolute Gasteiger partial charge is 0.370 e. The molecule has 0 amide bonds. The Balaban J connectivity index is 2.05. The Labute approximate surface area is 128 Å². The monoisotopic (exact) mass is 326 g/mol. The Kier molecular flexibility index (Phi) is 3.37. The molecule has 0 spiro atoms. The molecule has 2 heterocycles. The number of aliphatic imine (C=N–C) groups is 1. The molecular formula is C14H13F3N4S. The van der Waals surface area contributed by atoms with Crippen LogP contribution in [0.4, 0.5) is 18.9 Å². The first-order chi connectivity index (χ1) is 10.3. The molecule has 5 N–H and O–H groups in total. The van der Waals surface area contributed by atoms with E-state index < -0.39 is 17.4 Å². The number of nitrogens with zero attached hydrogens (tertiary/aromatic N) is 1. The van der Waals surface area contributed by atoms with Crippen molar-refractivity contribution in [3.05, 3.63) is 51.7 Å². The fourth-order valence-electron chi connectivity index (χ4n) is 2.54. The largest absolute Gasteiger partial charge is 0.416 e. The number of hydrogen-bond acceptors (Lipinski definition) is 5. The molecule has 4 nitrogen and oxygen atoms in total. The van der Waals surface area contributed by atoms with Gasteiger partial charge in [-0.2, -0.15) is 13.2 Å². The minimum absolute atomic E-state index is 0.0847. The quantitative estimate of drug-likeness (QED) is 0.794. The van der Waals surface area contributed by atoms with Crippen molar-refractivity contribution in [3.8, 4) is 0 Å². The average Bonchev–Trinajstić information content (AvgIpc) is 2.86. The molecule has 8 heteroatoms. The van der Waals surface area contributed by atoms with Gasteiger partial charge in [-0.25, -0.2) is 4.99 Å². The molecule has 0 fully saturated rings. The lowest BCUT2D eigenvalue weighted by Gasteiger charge is -2.30. The zero-order valence-electron chi connectivity index (χ0n) is 11.3. The highest BCUT2D eigenvalue weighted by Crippen LogP contribution is 2.40. The predicted octanol–water partition coefficient (Wildman–Crippen LogP) is 2.86. The number of guanidine groups is 1. The number of anilines is 1. The van der Waals surface area contributed by atoms with Crippen molar-refractivity contribution in [2.24, 2.45) is 16.5 Å². The standard InChI is InChI=1S/C14H13F3N4S/c15-14(16,17)9-4-2-1-3-8(9)7-13(19)11-10(5-6-22-11)20-12(18)21-13/h1-6H,7,19H2,(H3,18,20,21). The zero-order chi connectivity index (χ0) is 16.0. The molecule has 0 bridgehead atoms. The summed E-state index contributed by atoms with van der Waals surface area (Å²) in [4.78, 5) is 4.82. The number of nitrogens with two attached hydrogens (primary N) is 2. The third kappa shape index (κ3) is 2.55. The highest BCUT2D eigenvalue weighted by molar-refractivity contribution is 7.10. The van der Waals surface area contributed by atoms with Gasteiger partial charge in [-0.3, -0.25) is 0 Å². The second-order valence-electron chi connectivity index (χ2n) is 5.04. The van der Waals surface area contributed by atoms with Gasteiger partial charge < -0.3 is 16.8 Å². The number of halogens is 3. The van der Waals surface area contributed by atoms with Crippen LogP contribution in [0, 0.1) is 0 Å². The van der Waals surface area contributed by atoms with Crippen LogP contribution in [0.2, 0.25) is 0 Å². The van der Waals surface area contributed by atoms with Crippen molar-refractivity contribution in [2.75, 3.05) is 5.32 Å². The Morgan fingerprint density at radius 3 is 2.68 bits per heavy atom. The van der Waals surface area contributed by atoms with E-state index in [9.17, 15) is 13.2 Å². The van der Waals surface area contributed by atoms with Gasteiger partial charge in [0.05, 0.1) is 16.1 Å². The van der Waals surface area contributed by atoms with Crippen molar-refractivity contribution in [1.82, 2.24) is 0 Å². The highest BCUT2D eigenvalue weighted by Gasteiger charge is 2.39. The van der Waals surface area contributed by atoms with Gasteiger partial charge in [0.15, 0.2) is 11.6 Å². The second kappa shape index (κ2) is 4.99. The van der Waals surface area contributed by atoms with Crippen LogP contribution in [0.25, 0.3) is 0 Å². The van der Waals surface area contributed by atoms with E-state index in [4.69, 9.17) is 11.5 Å². The highest BCUT2D eigenvalue weighted by atomic mass is 32.1. The summed E-state index contributed by atoms with van der Waals surface area (Å²) in [6, 6.07) is 7.14. The minimum atomic E-state index is -4.44. The summed E-state index contributed by atoms with van der Waals surface area (Å²) in [7, 11) is 0. The van der Waals surface area contributed by atoms with Gasteiger partial charge >= 0.3 is 6.18 Å². The second-order valence-corrected chi connectivity index (χ2v) is 5.96. The van der Waals surface area contributed by atoms with Gasteiger partial charge in [0.2, 0.25) is 0 Å². The Morgan fingerprint density at radius 1 is 1.23 bits per heavy atom. The molecule has 0 saturated carbocycles. The zero-order valence-corrected chi connectivity index (χ0v) is 12.1. The first-order valence-electron chi connectivity index (χ1n) is 6.44. The molecule has 0 radical (unpaired) electrons. The average molecular weight is 326 g/mol. The summed E-state index contributed by atoms with van der Waals surface area (Å²) >= 11 is 1.34. The van der Waals surface area contributed by atoms with Gasteiger partial charge in [0, 0.05) is 6.42 Å². The lowest BCUT2D eigenvalue weighted by molar-refractivity contribution is -0.138. The maximum atomic E-state index is 13.1. The summed E-state index contributed by atoms with van der Waals surface area (Å²) in [5.41, 5.74) is 10.8. The van der Waals surface area contributed by atoms with Crippen LogP contribution >= 0.6 is 11.3 Å². The molecule has 1 aliphatic heterocycles. The number of nitrogens with one attached hydrogen (secondary N) is 1. The topological polar surface area (TPSA) is 76.4 Å². The van der Waals surface area contributed by atoms with Crippen LogP contribution < -0.4 is 16.8 Å². The summed E-state index contributed by atoms with van der Waals surface area (Å²) in [6.45, 7) is 0. The van der Waals surface area contributed by atoms with E-state index in [0.717, 1.165) is 6.07 Å². The van der Waals surface area contributed by atoms with Crippen molar-refractivity contribution in [3.63, 3.8) is 0 Å². The number of rotatable bonds is 2. The van der Waals surface area contributed by atoms with E-state index in [-0.39, 0.29) is 17.9 Å². The predicted molar refractivity (Wildman–Crippen MR) is 80.6 cm³/mol. The summed E-state index contributed by atoms with van der Waals surface area (Å²) in [5.74, 6) is 0.0953. The van der Waals surface area contributed by atoms with Gasteiger partial charge in [0.25, 0.3) is 0 Å². The van der Waals surface area contributed by atoms with Crippen LogP contribution in [0.1, 0.15) is 16.0 Å². The minimum Gasteiger partial charge on any atom is -0.370 e. The molecule has 1 unspecified atom stereocenters. The normalized spacial score (nSPS) is 21.0. The summed E-state index contributed by atoms with van der Waals surface area (Å²) in [6.07, 6.45) is -4.52. The molecule has 1 aliphatic rings. The molecule has 1 aromatic carbocycles. The Hall–Kier alpha value is -2.06. The van der Waals surface area contributed by atoms with Gasteiger partial charge in [-0.15, -0.1) is 11.3 Å². The van der Waals surface area contributed by atoms with E-state index in [1.165, 1.54) is 23.5 Å². The van der Waals surface area contributed by atoms with E-state index in [2.05, 4.69) is 10.3 Å². The molecule has 3 rings (SSSR count). The third-order valence-electron chi connectivity index (χ3n) is 3.42. The lowest BCUT2D eigenvalue weighted by Crippen LogP contribution is -2.44. The maximum Gasteiger partial charge on any atom is 0.416 e. The summed E-state index contributed by atoms with van der Waals surface area (Å²) < 4.78 is 39.4. The van der Waals surface area contributed by atoms with E-state index in [1.807, 2.05) is 0 Å². The molecule has 2 aromatic rings. The fraction of sp³-hybridized carbons (Fsp3) is 0.214. The van der Waals surface area contributed by atoms with Crippen LogP contribution in [0.5, 0.6) is 0 Å². The van der Waals surface area contributed by atoms with E-state index >= 15 is 0 Å². The molecule has 1 aromatic heterocycles. The maximum absolute atomic E-state index is 13.1. The summed E-state index contributed by atoms with van der Waals surface area (Å²) in [5, 5.41) is 4.66. The number of alkyl halides is 3. The van der Waals surface area contributed by atoms with Crippen LogP contribution in [-0.4, -0.2) is 5.96 Å². The van der Waals surface area contributed by atoms with Crippen molar-refractivity contribution in [1.29, 1.82) is 0 Å². The van der Waals surface area contributed by atoms with Crippen LogP contribution in [-0.2, 0) is 18.3 Å². The van der Waals surface area contributed by atoms with Crippen molar-refractivity contribution < 1.29 is 13.2 Å². The number of benzene rings is 1. The number of thiophene rings is 1. The van der Waals surface area contributed by atoms with Crippen molar-refractivity contribution in [2.45, 2.75) is 18.3 Å². The fourth-order valence-corrected chi connectivity index (χ4v) is 3.44. The Bertz CT molecular complexity index is 738. The molecule has 0 aliphatic carbocycles. The van der Waals surface area contributed by atoms with Crippen LogP contribution in [0.15, 0.2) is 40.7 Å². The number of hydrogen-bond donors (Lipinski definition) is 3. The Morgan fingerprint density at radius 2 is 1.95 bits per heavy atom.